The van der Waals surface area contributed by atoms with Gasteiger partial charge in [-0.1, -0.05) is 0 Å². The number of thioether (sulfide) groups is 2. The summed E-state index contributed by atoms with van der Waals surface area (Å²) in [6, 6.07) is 0. The van der Waals surface area contributed by atoms with Crippen molar-refractivity contribution in [3.63, 3.8) is 0 Å². The van der Waals surface area contributed by atoms with E-state index in [2.05, 4.69) is 0 Å². The van der Waals surface area contributed by atoms with Crippen LogP contribution in [0.25, 0.3) is 0 Å². The molecule has 0 spiro atoms. The summed E-state index contributed by atoms with van der Waals surface area (Å²) in [6.45, 7) is 6.58. The molecule has 0 fully saturated rings. The number of ether oxygens (including phenoxy) is 1. The number of rotatable bonds is 8. The maximum atomic E-state index is 12.0. The summed E-state index contributed by atoms with van der Waals surface area (Å²) < 4.78 is 15.9. The Morgan fingerprint density at radius 2 is 1.76 bits per heavy atom. The third-order valence-corrected chi connectivity index (χ3v) is 7.68. The zero-order chi connectivity index (χ0) is 16.7. The van der Waals surface area contributed by atoms with Gasteiger partial charge in [-0.15, -0.1) is 0 Å². The van der Waals surface area contributed by atoms with Crippen molar-refractivity contribution in [2.24, 2.45) is 0 Å². The van der Waals surface area contributed by atoms with E-state index in [9.17, 15) is 8.66 Å². The molecule has 0 aliphatic carbocycles. The molecule has 0 rings (SSSR count). The number of hydrogen-bond donors (Lipinski definition) is 2. The fraction of sp³-hybridized carbons (Fsp3) is 0.833. The summed E-state index contributed by atoms with van der Waals surface area (Å²) in [7, 11) is 0. The number of aliphatic hydroxyl groups excluding tert-OH is 2. The molecule has 21 heavy (non-hydrogen) atoms. The fourth-order valence-electron chi connectivity index (χ4n) is 1.08. The zero-order valence-corrected chi connectivity index (χ0v) is 16.0. The van der Waals surface area contributed by atoms with E-state index in [1.165, 1.54) is 23.5 Å². The van der Waals surface area contributed by atoms with Crippen LogP contribution in [0.1, 0.15) is 27.7 Å². The summed E-state index contributed by atoms with van der Waals surface area (Å²) in [4.78, 5) is 11.8. The van der Waals surface area contributed by atoms with Crippen LogP contribution in [-0.4, -0.2) is 48.0 Å². The molecule has 0 radical (unpaired) electrons. The van der Waals surface area contributed by atoms with Crippen molar-refractivity contribution < 1.29 is 37.2 Å². The molecule has 0 saturated heterocycles. The zero-order valence-electron chi connectivity index (χ0n) is 12.5. The third kappa shape index (κ3) is 8.05. The number of carbonyl (C=O) groups excluding carboxylic acids is 1. The predicted molar refractivity (Wildman–Crippen MR) is 86.6 cm³/mol. The molecule has 127 valence electrons. The van der Waals surface area contributed by atoms with Gasteiger partial charge >= 0.3 is 144 Å². The molecule has 0 heterocycles. The molecule has 0 atom stereocenters. The van der Waals surface area contributed by atoms with Gasteiger partial charge in [0.1, 0.15) is 0 Å². The Morgan fingerprint density at radius 1 is 1.19 bits per heavy atom. The van der Waals surface area contributed by atoms with Crippen molar-refractivity contribution in [1.82, 2.24) is 0 Å². The Labute approximate surface area is 143 Å². The van der Waals surface area contributed by atoms with E-state index in [1.807, 2.05) is 0 Å². The van der Waals surface area contributed by atoms with E-state index in [0.29, 0.717) is 3.53 Å². The summed E-state index contributed by atoms with van der Waals surface area (Å²) >= 11 is 6.11. The van der Waals surface area contributed by atoms with E-state index in [4.69, 9.17) is 27.2 Å². The van der Waals surface area contributed by atoms with Crippen molar-refractivity contribution in [2.45, 2.75) is 41.5 Å². The monoisotopic (exact) mass is 401 g/mol. The van der Waals surface area contributed by atoms with Gasteiger partial charge in [0.2, 0.25) is 0 Å². The molecule has 0 aromatic rings. The van der Waals surface area contributed by atoms with Gasteiger partial charge in [-0.25, -0.2) is 0 Å². The van der Waals surface area contributed by atoms with Crippen LogP contribution in [0.2, 0.25) is 5.36 Å². The molecule has 0 aromatic heterocycles. The molecule has 5 nitrogen and oxygen atoms in total. The third-order valence-electron chi connectivity index (χ3n) is 2.15. The standard InChI is InChI=1S/C10H17O3S3.C2H5O.Co.O/c1-7(2)15-9(14)16-10(3,4)8(12)13-6-5-11;1-2-3;;/h11H,5-6H2,1-4H3;3H,1-2H2;;. The number of hydrogen-bond acceptors (Lipinski definition) is 8. The van der Waals surface area contributed by atoms with Gasteiger partial charge in [-0.2, -0.15) is 0 Å². The van der Waals surface area contributed by atoms with E-state index in [1.54, 1.807) is 27.7 Å². The van der Waals surface area contributed by atoms with Crippen molar-refractivity contribution in [2.75, 3.05) is 19.8 Å². The second kappa shape index (κ2) is 9.59. The van der Waals surface area contributed by atoms with Gasteiger partial charge < -0.3 is 0 Å². The molecular formula is C12H22CoO5S3. The molecule has 2 N–H and O–H groups in total. The molecule has 0 unspecified atom stereocenters. The number of aliphatic hydroxyl groups is 2. The topological polar surface area (TPSA) is 83.8 Å². The van der Waals surface area contributed by atoms with E-state index in [0.717, 1.165) is 0 Å². The number of thiocarbonyl (C=S) groups is 1. The van der Waals surface area contributed by atoms with Gasteiger partial charge in [0.25, 0.3) is 0 Å². The van der Waals surface area contributed by atoms with Gasteiger partial charge in [0, 0.05) is 0 Å². The molecule has 0 amide bonds. The number of esters is 1. The van der Waals surface area contributed by atoms with E-state index >= 15 is 0 Å². The molecule has 0 aromatic carbocycles. The summed E-state index contributed by atoms with van der Waals surface area (Å²) in [6.07, 6.45) is 0. The van der Waals surface area contributed by atoms with Crippen LogP contribution in [0.15, 0.2) is 0 Å². The summed E-state index contributed by atoms with van der Waals surface area (Å²) in [5.41, 5.74) is 0. The quantitative estimate of drug-likeness (QED) is 0.473. The van der Waals surface area contributed by atoms with Gasteiger partial charge in [0.15, 0.2) is 0 Å². The Hall–Kier alpha value is 0.486. The Balaban J connectivity index is 4.60. The van der Waals surface area contributed by atoms with Gasteiger partial charge in [-0.05, 0) is 0 Å². The van der Waals surface area contributed by atoms with Crippen LogP contribution in [0.4, 0.5) is 0 Å². The predicted octanol–water partition coefficient (Wildman–Crippen LogP) is 2.16. The van der Waals surface area contributed by atoms with Crippen LogP contribution in [0.5, 0.6) is 0 Å². The average Bonchev–Trinajstić information content (AvgIpc) is 2.34. The van der Waals surface area contributed by atoms with Crippen molar-refractivity contribution in [1.29, 1.82) is 0 Å². The molecule has 0 bridgehead atoms. The van der Waals surface area contributed by atoms with Crippen molar-refractivity contribution >= 4 is 45.2 Å². The van der Waals surface area contributed by atoms with Crippen LogP contribution >= 0.6 is 35.7 Å². The van der Waals surface area contributed by atoms with Crippen molar-refractivity contribution in [3.05, 3.63) is 0 Å². The summed E-state index contributed by atoms with van der Waals surface area (Å²) in [5, 5.41) is 17.7. The fourth-order valence-corrected chi connectivity index (χ4v) is 6.95. The van der Waals surface area contributed by atoms with Crippen LogP contribution in [0, 0.1) is 0 Å². The molecule has 0 aliphatic rings. The Morgan fingerprint density at radius 3 is 2.24 bits per heavy atom. The first kappa shape index (κ1) is 21.5. The minimum absolute atomic E-state index is 0.0452. The summed E-state index contributed by atoms with van der Waals surface area (Å²) in [5.74, 6) is -0.457. The molecule has 0 aliphatic heterocycles. The first-order chi connectivity index (χ1) is 9.56. The maximum absolute atomic E-state index is 12.0. The Kier molecular flexibility index (Phi) is 9.81. The molecular weight excluding hydrogens is 379 g/mol. The van der Waals surface area contributed by atoms with E-state index in [-0.39, 0.29) is 25.2 Å². The second-order valence-corrected chi connectivity index (χ2v) is 12.3. The van der Waals surface area contributed by atoms with Gasteiger partial charge in [-0.3, -0.25) is 0 Å². The minimum atomic E-state index is -1.59. The molecule has 0 saturated carbocycles. The number of carbonyl (C=O) groups is 1. The van der Waals surface area contributed by atoms with Gasteiger partial charge in [0.05, 0.1) is 0 Å². The van der Waals surface area contributed by atoms with Crippen LogP contribution in [0.3, 0.4) is 0 Å². The normalized spacial score (nSPS) is 13.0. The SMILES string of the molecule is CC(C)(SC(=S)S[C](C)(C)[Co](=[O])[CH2]CO)C(=O)OCCO. The first-order valence-electron chi connectivity index (χ1n) is 6.14. The van der Waals surface area contributed by atoms with Crippen LogP contribution in [-0.2, 0) is 27.0 Å². The second-order valence-electron chi connectivity index (χ2n) is 4.81. The van der Waals surface area contributed by atoms with Crippen molar-refractivity contribution in [3.8, 4) is 0 Å². The average molecular weight is 401 g/mol. The van der Waals surface area contributed by atoms with Crippen LogP contribution < -0.4 is 0 Å². The Bertz CT molecular complexity index is 398. The van der Waals surface area contributed by atoms with E-state index < -0.39 is 28.0 Å². The first-order valence-corrected chi connectivity index (χ1v) is 9.86. The molecule has 9 heteroatoms.